The number of carbonyl (C=O) groups is 1. The molecule has 1 fully saturated rings. The molecular formula is C21H35N5O. The molecule has 1 unspecified atom stereocenters. The number of carbonyl (C=O) groups excluding carboxylic acids is 1. The molecule has 0 radical (unpaired) electrons. The van der Waals surface area contributed by atoms with Crippen LogP contribution in [0.4, 0.5) is 5.69 Å². The molecule has 3 N–H and O–H groups in total. The van der Waals surface area contributed by atoms with Crippen molar-refractivity contribution in [2.24, 2.45) is 16.6 Å². The SMILES string of the molecule is CCNC(=NCCN(CC)c1cccc(C)c1)N1CCCC(CC(N)=O)C1. The van der Waals surface area contributed by atoms with E-state index >= 15 is 0 Å². The van der Waals surface area contributed by atoms with Gasteiger partial charge >= 0.3 is 0 Å². The van der Waals surface area contributed by atoms with Crippen LogP contribution < -0.4 is 16.0 Å². The van der Waals surface area contributed by atoms with Crippen LogP contribution in [0.25, 0.3) is 0 Å². The number of hydrogen-bond donors (Lipinski definition) is 2. The average Bonchev–Trinajstić information content (AvgIpc) is 2.64. The van der Waals surface area contributed by atoms with E-state index in [4.69, 9.17) is 10.7 Å². The minimum Gasteiger partial charge on any atom is -0.370 e. The van der Waals surface area contributed by atoms with Crippen LogP contribution in [0, 0.1) is 12.8 Å². The quantitative estimate of drug-likeness (QED) is 0.542. The van der Waals surface area contributed by atoms with E-state index in [2.05, 4.69) is 60.2 Å². The zero-order valence-corrected chi connectivity index (χ0v) is 17.1. The van der Waals surface area contributed by atoms with Gasteiger partial charge in [0.2, 0.25) is 5.91 Å². The summed E-state index contributed by atoms with van der Waals surface area (Å²) in [6, 6.07) is 8.60. The molecule has 1 heterocycles. The number of aryl methyl sites for hydroxylation is 1. The van der Waals surface area contributed by atoms with Gasteiger partial charge in [-0.25, -0.2) is 0 Å². The maximum atomic E-state index is 11.3. The van der Waals surface area contributed by atoms with Crippen molar-refractivity contribution in [1.82, 2.24) is 10.2 Å². The maximum Gasteiger partial charge on any atom is 0.217 e. The molecule has 2 rings (SSSR count). The van der Waals surface area contributed by atoms with E-state index in [9.17, 15) is 4.79 Å². The van der Waals surface area contributed by atoms with Crippen LogP contribution in [0.5, 0.6) is 0 Å². The minimum absolute atomic E-state index is 0.208. The van der Waals surface area contributed by atoms with Crippen molar-refractivity contribution < 1.29 is 4.79 Å². The summed E-state index contributed by atoms with van der Waals surface area (Å²) in [6.45, 7) is 11.6. The van der Waals surface area contributed by atoms with Crippen LogP contribution in [-0.4, -0.2) is 56.0 Å². The lowest BCUT2D eigenvalue weighted by Crippen LogP contribution is -2.47. The van der Waals surface area contributed by atoms with E-state index in [0.717, 1.165) is 58.1 Å². The first-order valence-corrected chi connectivity index (χ1v) is 10.2. The molecule has 6 nitrogen and oxygen atoms in total. The molecule has 0 saturated carbocycles. The average molecular weight is 374 g/mol. The Morgan fingerprint density at radius 3 is 2.89 bits per heavy atom. The van der Waals surface area contributed by atoms with E-state index in [1.54, 1.807) is 0 Å². The van der Waals surface area contributed by atoms with E-state index < -0.39 is 0 Å². The van der Waals surface area contributed by atoms with Gasteiger partial charge in [-0.2, -0.15) is 0 Å². The highest BCUT2D eigenvalue weighted by atomic mass is 16.1. The Bertz CT molecular complexity index is 631. The lowest BCUT2D eigenvalue weighted by Gasteiger charge is -2.34. The van der Waals surface area contributed by atoms with Gasteiger partial charge in [0.15, 0.2) is 5.96 Å². The number of nitrogens with zero attached hydrogens (tertiary/aromatic N) is 3. The summed E-state index contributed by atoms with van der Waals surface area (Å²) in [5.74, 6) is 1.08. The smallest absolute Gasteiger partial charge is 0.217 e. The number of benzene rings is 1. The standard InChI is InChI=1S/C21H35N5O/c1-4-23-21(26-12-7-9-18(16-26)15-20(22)27)24-11-13-25(5-2)19-10-6-8-17(3)14-19/h6,8,10,14,18H,4-5,7,9,11-13,15-16H2,1-3H3,(H2,22,27)(H,23,24). The second kappa shape index (κ2) is 10.8. The van der Waals surface area contributed by atoms with Crippen molar-refractivity contribution in [2.45, 2.75) is 40.0 Å². The second-order valence-electron chi connectivity index (χ2n) is 7.28. The number of likely N-dealkylation sites (N-methyl/N-ethyl adjacent to an activating group) is 1. The number of hydrogen-bond acceptors (Lipinski definition) is 3. The fraction of sp³-hybridized carbons (Fsp3) is 0.619. The number of anilines is 1. The van der Waals surface area contributed by atoms with Crippen LogP contribution in [-0.2, 0) is 4.79 Å². The van der Waals surface area contributed by atoms with E-state index in [1.807, 2.05) is 0 Å². The van der Waals surface area contributed by atoms with Crippen molar-refractivity contribution in [3.05, 3.63) is 29.8 Å². The van der Waals surface area contributed by atoms with Gasteiger partial charge in [0.25, 0.3) is 0 Å². The number of guanidine groups is 1. The zero-order valence-electron chi connectivity index (χ0n) is 17.1. The molecule has 0 aromatic heterocycles. The highest BCUT2D eigenvalue weighted by molar-refractivity contribution is 5.80. The van der Waals surface area contributed by atoms with Crippen molar-refractivity contribution >= 4 is 17.6 Å². The second-order valence-corrected chi connectivity index (χ2v) is 7.28. The van der Waals surface area contributed by atoms with Crippen LogP contribution in [0.1, 0.15) is 38.7 Å². The summed E-state index contributed by atoms with van der Waals surface area (Å²) < 4.78 is 0. The summed E-state index contributed by atoms with van der Waals surface area (Å²) >= 11 is 0. The van der Waals surface area contributed by atoms with Crippen LogP contribution in [0.2, 0.25) is 0 Å². The number of nitrogens with two attached hydrogens (primary N) is 1. The Morgan fingerprint density at radius 2 is 2.22 bits per heavy atom. The van der Waals surface area contributed by atoms with Crippen molar-refractivity contribution in [1.29, 1.82) is 0 Å². The Balaban J connectivity index is 1.98. The van der Waals surface area contributed by atoms with Gasteiger partial charge in [0.1, 0.15) is 0 Å². The molecule has 1 aliphatic heterocycles. The third kappa shape index (κ3) is 6.77. The number of piperidine rings is 1. The third-order valence-corrected chi connectivity index (χ3v) is 5.02. The van der Waals surface area contributed by atoms with E-state index in [0.29, 0.717) is 12.3 Å². The molecule has 1 aromatic carbocycles. The maximum absolute atomic E-state index is 11.3. The van der Waals surface area contributed by atoms with Crippen molar-refractivity contribution in [3.8, 4) is 0 Å². The molecular weight excluding hydrogens is 338 g/mol. The van der Waals surface area contributed by atoms with Gasteiger partial charge < -0.3 is 20.9 Å². The highest BCUT2D eigenvalue weighted by Crippen LogP contribution is 2.19. The predicted octanol–water partition coefficient (Wildman–Crippen LogP) is 2.37. The lowest BCUT2D eigenvalue weighted by molar-refractivity contribution is -0.119. The molecule has 0 spiro atoms. The number of rotatable bonds is 8. The summed E-state index contributed by atoms with van der Waals surface area (Å²) in [4.78, 5) is 20.8. The third-order valence-electron chi connectivity index (χ3n) is 5.02. The summed E-state index contributed by atoms with van der Waals surface area (Å²) in [5.41, 5.74) is 7.91. The van der Waals surface area contributed by atoms with Crippen LogP contribution in [0.15, 0.2) is 29.3 Å². The molecule has 6 heteroatoms. The highest BCUT2D eigenvalue weighted by Gasteiger charge is 2.23. The summed E-state index contributed by atoms with van der Waals surface area (Å²) in [7, 11) is 0. The van der Waals surface area contributed by atoms with Crippen LogP contribution >= 0.6 is 0 Å². The fourth-order valence-corrected chi connectivity index (χ4v) is 3.71. The van der Waals surface area contributed by atoms with Gasteiger partial charge in [0, 0.05) is 44.8 Å². The normalized spacial score (nSPS) is 17.7. The fourth-order valence-electron chi connectivity index (χ4n) is 3.71. The summed E-state index contributed by atoms with van der Waals surface area (Å²) in [5, 5.41) is 3.41. The van der Waals surface area contributed by atoms with E-state index in [-0.39, 0.29) is 5.91 Å². The number of aliphatic imine (C=N–C) groups is 1. The van der Waals surface area contributed by atoms with Crippen molar-refractivity contribution in [2.75, 3.05) is 44.2 Å². The van der Waals surface area contributed by atoms with Crippen molar-refractivity contribution in [3.63, 3.8) is 0 Å². The first kappa shape index (κ1) is 21.1. The van der Waals surface area contributed by atoms with E-state index in [1.165, 1.54) is 11.3 Å². The number of likely N-dealkylation sites (tertiary alicyclic amines) is 1. The molecule has 0 aliphatic carbocycles. The Labute approximate surface area is 163 Å². The Hall–Kier alpha value is -2.24. The van der Waals surface area contributed by atoms with Gasteiger partial charge in [-0.15, -0.1) is 0 Å². The first-order chi connectivity index (χ1) is 13.0. The van der Waals surface area contributed by atoms with Gasteiger partial charge in [-0.05, 0) is 57.2 Å². The molecule has 0 bridgehead atoms. The monoisotopic (exact) mass is 373 g/mol. The van der Waals surface area contributed by atoms with Gasteiger partial charge in [0.05, 0.1) is 6.54 Å². The Kier molecular flexibility index (Phi) is 8.43. The Morgan fingerprint density at radius 1 is 1.41 bits per heavy atom. The molecule has 27 heavy (non-hydrogen) atoms. The molecule has 1 saturated heterocycles. The number of amides is 1. The molecule has 1 aromatic rings. The molecule has 1 amide bonds. The largest absolute Gasteiger partial charge is 0.370 e. The van der Waals surface area contributed by atoms with Crippen LogP contribution in [0.3, 0.4) is 0 Å². The topological polar surface area (TPSA) is 74.0 Å². The molecule has 1 atom stereocenters. The summed E-state index contributed by atoms with van der Waals surface area (Å²) in [6.07, 6.45) is 2.61. The van der Waals surface area contributed by atoms with Gasteiger partial charge in [-0.1, -0.05) is 12.1 Å². The molecule has 1 aliphatic rings. The first-order valence-electron chi connectivity index (χ1n) is 10.2. The zero-order chi connectivity index (χ0) is 19.6. The number of primary amides is 1. The number of nitrogens with one attached hydrogen (secondary N) is 1. The van der Waals surface area contributed by atoms with Gasteiger partial charge in [-0.3, -0.25) is 9.79 Å². The minimum atomic E-state index is -0.208. The lowest BCUT2D eigenvalue weighted by atomic mass is 9.95. The predicted molar refractivity (Wildman–Crippen MR) is 113 cm³/mol. The molecule has 150 valence electrons.